The van der Waals surface area contributed by atoms with Crippen molar-refractivity contribution in [1.82, 2.24) is 10.1 Å². The van der Waals surface area contributed by atoms with Crippen molar-refractivity contribution in [2.75, 3.05) is 0 Å². The van der Waals surface area contributed by atoms with Gasteiger partial charge in [0.05, 0.1) is 0 Å². The van der Waals surface area contributed by atoms with Crippen molar-refractivity contribution in [2.45, 2.75) is 25.8 Å². The number of benzene rings is 1. The number of halogens is 2. The highest BCUT2D eigenvalue weighted by Gasteiger charge is 2.09. The molecule has 1 atom stereocenters. The Morgan fingerprint density at radius 1 is 1.44 bits per heavy atom. The first kappa shape index (κ1) is 14.6. The molecule has 0 aliphatic heterocycles. The highest BCUT2D eigenvalue weighted by Crippen LogP contribution is 2.09. The van der Waals surface area contributed by atoms with Crippen molar-refractivity contribution in [3.63, 3.8) is 0 Å². The van der Waals surface area contributed by atoms with Crippen molar-refractivity contribution in [2.24, 2.45) is 5.73 Å². The molecule has 1 aromatic heterocycles. The first-order valence-electron chi connectivity index (χ1n) is 5.45. The first-order valence-corrected chi connectivity index (χ1v) is 5.45. The molecule has 0 saturated heterocycles. The van der Waals surface area contributed by atoms with Gasteiger partial charge in [-0.05, 0) is 24.6 Å². The number of rotatable bonds is 4. The molecule has 4 nitrogen and oxygen atoms in total. The zero-order valence-electron chi connectivity index (χ0n) is 9.97. The van der Waals surface area contributed by atoms with E-state index >= 15 is 0 Å². The topological polar surface area (TPSA) is 64.9 Å². The smallest absolute Gasteiger partial charge is 0.228 e. The number of nitrogens with zero attached hydrogens (tertiary/aromatic N) is 2. The summed E-state index contributed by atoms with van der Waals surface area (Å²) in [5.74, 6) is 0.805. The molecule has 18 heavy (non-hydrogen) atoms. The standard InChI is InChI=1S/C12H14FN3O.ClH/c1-8(14)5-12-15-11(16-17-12)7-9-3-2-4-10(13)6-9;/h2-4,6,8H,5,7,14H2,1H3;1H. The maximum atomic E-state index is 13.0. The van der Waals surface area contributed by atoms with Crippen LogP contribution in [0.1, 0.15) is 24.2 Å². The Morgan fingerprint density at radius 2 is 2.22 bits per heavy atom. The molecule has 0 fully saturated rings. The molecule has 1 heterocycles. The van der Waals surface area contributed by atoms with Crippen molar-refractivity contribution in [3.05, 3.63) is 47.4 Å². The molecule has 1 aromatic carbocycles. The van der Waals surface area contributed by atoms with Crippen LogP contribution < -0.4 is 5.73 Å². The molecule has 0 aliphatic rings. The van der Waals surface area contributed by atoms with Gasteiger partial charge in [0.15, 0.2) is 5.82 Å². The summed E-state index contributed by atoms with van der Waals surface area (Å²) in [5.41, 5.74) is 6.45. The van der Waals surface area contributed by atoms with Crippen LogP contribution >= 0.6 is 12.4 Å². The maximum Gasteiger partial charge on any atom is 0.228 e. The van der Waals surface area contributed by atoms with Gasteiger partial charge in [0, 0.05) is 18.9 Å². The van der Waals surface area contributed by atoms with Crippen molar-refractivity contribution in [3.8, 4) is 0 Å². The fraction of sp³-hybridized carbons (Fsp3) is 0.333. The summed E-state index contributed by atoms with van der Waals surface area (Å²) in [6.07, 6.45) is 1.01. The molecule has 6 heteroatoms. The Balaban J connectivity index is 0.00000162. The third-order valence-corrected chi connectivity index (χ3v) is 2.26. The molecule has 2 N–H and O–H groups in total. The molecule has 0 bridgehead atoms. The van der Waals surface area contributed by atoms with E-state index < -0.39 is 0 Å². The second-order valence-corrected chi connectivity index (χ2v) is 4.09. The van der Waals surface area contributed by atoms with Gasteiger partial charge in [0.1, 0.15) is 5.82 Å². The van der Waals surface area contributed by atoms with Crippen LogP contribution in [0.15, 0.2) is 28.8 Å². The lowest BCUT2D eigenvalue weighted by Gasteiger charge is -1.97. The Kier molecular flexibility index (Phi) is 5.25. The van der Waals surface area contributed by atoms with E-state index in [0.29, 0.717) is 24.6 Å². The molecule has 2 aromatic rings. The van der Waals surface area contributed by atoms with Crippen LogP contribution in [0.2, 0.25) is 0 Å². The zero-order chi connectivity index (χ0) is 12.3. The summed E-state index contributed by atoms with van der Waals surface area (Å²) in [6, 6.07) is 6.33. The fourth-order valence-electron chi connectivity index (χ4n) is 1.55. The van der Waals surface area contributed by atoms with Crippen LogP contribution in [0.5, 0.6) is 0 Å². The molecule has 0 spiro atoms. The number of aromatic nitrogens is 2. The summed E-state index contributed by atoms with van der Waals surface area (Å²) < 4.78 is 18.0. The summed E-state index contributed by atoms with van der Waals surface area (Å²) in [6.45, 7) is 1.87. The van der Waals surface area contributed by atoms with E-state index in [2.05, 4.69) is 10.1 Å². The minimum Gasteiger partial charge on any atom is -0.339 e. The molecule has 0 radical (unpaired) electrons. The van der Waals surface area contributed by atoms with Crippen LogP contribution in [0.25, 0.3) is 0 Å². The van der Waals surface area contributed by atoms with Crippen molar-refractivity contribution in [1.29, 1.82) is 0 Å². The van der Waals surface area contributed by atoms with Gasteiger partial charge in [-0.2, -0.15) is 4.98 Å². The van der Waals surface area contributed by atoms with Gasteiger partial charge < -0.3 is 10.3 Å². The molecule has 0 saturated carbocycles. The SMILES string of the molecule is CC(N)Cc1nc(Cc2cccc(F)c2)no1.Cl. The molecular formula is C12H15ClFN3O. The second-order valence-electron chi connectivity index (χ2n) is 4.09. The van der Waals surface area contributed by atoms with E-state index in [9.17, 15) is 4.39 Å². The van der Waals surface area contributed by atoms with Gasteiger partial charge in [0.25, 0.3) is 0 Å². The largest absolute Gasteiger partial charge is 0.339 e. The molecule has 0 aliphatic carbocycles. The van der Waals surface area contributed by atoms with Crippen LogP contribution in [0, 0.1) is 5.82 Å². The number of nitrogens with two attached hydrogens (primary N) is 1. The van der Waals surface area contributed by atoms with Crippen LogP contribution in [-0.4, -0.2) is 16.2 Å². The van der Waals surface area contributed by atoms with Gasteiger partial charge >= 0.3 is 0 Å². The van der Waals surface area contributed by atoms with Crippen molar-refractivity contribution >= 4 is 12.4 Å². The molecule has 0 amide bonds. The minimum absolute atomic E-state index is 0. The monoisotopic (exact) mass is 271 g/mol. The normalized spacial score (nSPS) is 11.9. The summed E-state index contributed by atoms with van der Waals surface area (Å²) in [5, 5.41) is 3.83. The zero-order valence-corrected chi connectivity index (χ0v) is 10.8. The van der Waals surface area contributed by atoms with Crippen molar-refractivity contribution < 1.29 is 8.91 Å². The molecule has 1 unspecified atom stereocenters. The highest BCUT2D eigenvalue weighted by molar-refractivity contribution is 5.85. The lowest BCUT2D eigenvalue weighted by molar-refractivity contribution is 0.367. The Bertz CT molecular complexity index is 502. The molecular weight excluding hydrogens is 257 g/mol. The summed E-state index contributed by atoms with van der Waals surface area (Å²) in [7, 11) is 0. The van der Waals surface area contributed by atoms with Gasteiger partial charge in [-0.25, -0.2) is 4.39 Å². The predicted octanol–water partition coefficient (Wildman–Crippen LogP) is 2.11. The van der Waals surface area contributed by atoms with Gasteiger partial charge in [-0.15, -0.1) is 12.4 Å². The predicted molar refractivity (Wildman–Crippen MR) is 68.1 cm³/mol. The average Bonchev–Trinajstić information content (AvgIpc) is 2.64. The van der Waals surface area contributed by atoms with Crippen LogP contribution in [-0.2, 0) is 12.8 Å². The van der Waals surface area contributed by atoms with E-state index in [4.69, 9.17) is 10.3 Å². The van der Waals surface area contributed by atoms with E-state index in [-0.39, 0.29) is 24.3 Å². The number of hydrogen-bond acceptors (Lipinski definition) is 4. The lowest BCUT2D eigenvalue weighted by atomic mass is 10.1. The lowest BCUT2D eigenvalue weighted by Crippen LogP contribution is -2.17. The van der Waals surface area contributed by atoms with Crippen LogP contribution in [0.3, 0.4) is 0 Å². The fourth-order valence-corrected chi connectivity index (χ4v) is 1.55. The second kappa shape index (κ2) is 6.47. The minimum atomic E-state index is -0.262. The van der Waals surface area contributed by atoms with E-state index in [1.807, 2.05) is 13.0 Å². The Morgan fingerprint density at radius 3 is 2.89 bits per heavy atom. The molecule has 98 valence electrons. The van der Waals surface area contributed by atoms with Gasteiger partial charge in [0.2, 0.25) is 5.89 Å². The average molecular weight is 272 g/mol. The van der Waals surface area contributed by atoms with E-state index in [1.165, 1.54) is 12.1 Å². The highest BCUT2D eigenvalue weighted by atomic mass is 35.5. The Hall–Kier alpha value is -1.46. The molecule has 2 rings (SSSR count). The van der Waals surface area contributed by atoms with Gasteiger partial charge in [-0.3, -0.25) is 0 Å². The number of hydrogen-bond donors (Lipinski definition) is 1. The van der Waals surface area contributed by atoms with E-state index in [0.717, 1.165) is 5.56 Å². The van der Waals surface area contributed by atoms with E-state index in [1.54, 1.807) is 6.07 Å². The van der Waals surface area contributed by atoms with Gasteiger partial charge in [-0.1, -0.05) is 17.3 Å². The third kappa shape index (κ3) is 4.09. The Labute approximate surface area is 111 Å². The quantitative estimate of drug-likeness (QED) is 0.925. The van der Waals surface area contributed by atoms with Crippen LogP contribution in [0.4, 0.5) is 4.39 Å². The summed E-state index contributed by atoms with van der Waals surface area (Å²) in [4.78, 5) is 4.20. The first-order chi connectivity index (χ1) is 8.13. The summed E-state index contributed by atoms with van der Waals surface area (Å²) >= 11 is 0. The third-order valence-electron chi connectivity index (χ3n) is 2.26. The maximum absolute atomic E-state index is 13.0.